The molecule has 1 aliphatic heterocycles. The molecule has 2 rings (SSSR count). The molecule has 2 N–H and O–H groups in total. The number of ketones is 1. The van der Waals surface area contributed by atoms with Gasteiger partial charge in [0.15, 0.2) is 5.78 Å². The van der Waals surface area contributed by atoms with Crippen LogP contribution in [-0.2, 0) is 14.3 Å². The molecule has 2 amide bonds. The summed E-state index contributed by atoms with van der Waals surface area (Å²) >= 11 is 1.36. The first-order chi connectivity index (χ1) is 14.2. The summed E-state index contributed by atoms with van der Waals surface area (Å²) in [6, 6.07) is 3.42. The lowest BCUT2D eigenvalue weighted by Crippen LogP contribution is -2.38. The van der Waals surface area contributed by atoms with Crippen molar-refractivity contribution in [1.29, 1.82) is 0 Å². The molecule has 0 spiro atoms. The maximum Gasteiger partial charge on any atom is 0.223 e. The van der Waals surface area contributed by atoms with E-state index in [1.165, 1.54) is 18.0 Å². The molecule has 2 unspecified atom stereocenters. The highest BCUT2D eigenvalue weighted by Gasteiger charge is 2.29. The van der Waals surface area contributed by atoms with Crippen molar-refractivity contribution < 1.29 is 19.1 Å². The normalized spacial score (nSPS) is 16.7. The standard InChI is InChI=1S/C22H33N3O4S/c1-22(2,3)29-20(13-18(23)26)30-15-17(21(28)16-8-7-9-24-14-16)12-19(27)25-10-5-4-6-11-25/h7-9,14,17,20H,4-6,10-13,15H2,1-3H3,(H2,23,26). The van der Waals surface area contributed by atoms with Crippen molar-refractivity contribution in [3.63, 3.8) is 0 Å². The summed E-state index contributed by atoms with van der Waals surface area (Å²) < 4.78 is 5.95. The van der Waals surface area contributed by atoms with E-state index in [0.29, 0.717) is 11.3 Å². The topological polar surface area (TPSA) is 103 Å². The Hall–Kier alpha value is -1.93. The molecule has 2 heterocycles. The zero-order valence-corrected chi connectivity index (χ0v) is 19.0. The van der Waals surface area contributed by atoms with Crippen LogP contribution in [0, 0.1) is 5.92 Å². The maximum absolute atomic E-state index is 13.1. The molecular weight excluding hydrogens is 402 g/mol. The van der Waals surface area contributed by atoms with Crippen LogP contribution in [0.15, 0.2) is 24.5 Å². The number of pyridine rings is 1. The van der Waals surface area contributed by atoms with Crippen molar-refractivity contribution in [2.45, 2.75) is 63.9 Å². The van der Waals surface area contributed by atoms with E-state index in [-0.39, 0.29) is 24.5 Å². The van der Waals surface area contributed by atoms with Crippen LogP contribution in [0.4, 0.5) is 0 Å². The minimum Gasteiger partial charge on any atom is -0.370 e. The minimum absolute atomic E-state index is 0.000677. The summed E-state index contributed by atoms with van der Waals surface area (Å²) in [5.41, 5.74) is 4.93. The number of hydrogen-bond donors (Lipinski definition) is 1. The maximum atomic E-state index is 13.1. The van der Waals surface area contributed by atoms with Crippen LogP contribution in [0.3, 0.4) is 0 Å². The molecule has 1 saturated heterocycles. The number of primary amides is 1. The lowest BCUT2D eigenvalue weighted by atomic mass is 9.96. The molecule has 30 heavy (non-hydrogen) atoms. The number of carbonyl (C=O) groups is 3. The van der Waals surface area contributed by atoms with E-state index in [1.54, 1.807) is 18.3 Å². The monoisotopic (exact) mass is 435 g/mol. The number of nitrogens with two attached hydrogens (primary N) is 1. The molecule has 0 aliphatic carbocycles. The number of nitrogens with zero attached hydrogens (tertiary/aromatic N) is 2. The van der Waals surface area contributed by atoms with Gasteiger partial charge in [-0.1, -0.05) is 0 Å². The first kappa shape index (κ1) is 24.3. The number of thioether (sulfide) groups is 1. The molecule has 1 aromatic heterocycles. The fourth-order valence-corrected chi connectivity index (χ4v) is 4.73. The molecule has 2 atom stereocenters. The second-order valence-corrected chi connectivity index (χ2v) is 9.80. The van der Waals surface area contributed by atoms with Gasteiger partial charge in [-0.3, -0.25) is 19.4 Å². The summed E-state index contributed by atoms with van der Waals surface area (Å²) in [6.45, 7) is 7.20. The number of Topliss-reactive ketones (excluding diaryl/α,β-unsaturated/α-hetero) is 1. The molecule has 1 fully saturated rings. The second-order valence-electron chi connectivity index (χ2n) is 8.61. The molecule has 0 bridgehead atoms. The van der Waals surface area contributed by atoms with Crippen molar-refractivity contribution in [1.82, 2.24) is 9.88 Å². The first-order valence-corrected chi connectivity index (χ1v) is 11.5. The zero-order chi connectivity index (χ0) is 22.1. The van der Waals surface area contributed by atoms with Crippen molar-refractivity contribution in [2.75, 3.05) is 18.8 Å². The Morgan fingerprint density at radius 3 is 2.47 bits per heavy atom. The molecule has 166 valence electrons. The van der Waals surface area contributed by atoms with Gasteiger partial charge in [0.25, 0.3) is 0 Å². The Morgan fingerprint density at radius 1 is 1.20 bits per heavy atom. The SMILES string of the molecule is CC(C)(C)OC(CC(N)=O)SCC(CC(=O)N1CCCCC1)C(=O)c1cccnc1. The van der Waals surface area contributed by atoms with Crippen molar-refractivity contribution >= 4 is 29.4 Å². The predicted molar refractivity (Wildman–Crippen MR) is 118 cm³/mol. The Labute approximate surface area is 183 Å². The highest BCUT2D eigenvalue weighted by molar-refractivity contribution is 7.99. The number of hydrogen-bond acceptors (Lipinski definition) is 6. The molecule has 1 aliphatic rings. The highest BCUT2D eigenvalue weighted by Crippen LogP contribution is 2.27. The van der Waals surface area contributed by atoms with Crippen molar-refractivity contribution in [3.05, 3.63) is 30.1 Å². The predicted octanol–water partition coefficient (Wildman–Crippen LogP) is 3.03. The molecule has 8 heteroatoms. The van der Waals surface area contributed by atoms with Gasteiger partial charge in [-0.25, -0.2) is 0 Å². The molecule has 1 aromatic rings. The number of rotatable bonds is 10. The van der Waals surface area contributed by atoms with E-state index in [9.17, 15) is 14.4 Å². The van der Waals surface area contributed by atoms with Gasteiger partial charge in [-0.15, -0.1) is 11.8 Å². The van der Waals surface area contributed by atoms with Gasteiger partial charge in [0, 0.05) is 49.1 Å². The average molecular weight is 436 g/mol. The zero-order valence-electron chi connectivity index (χ0n) is 18.1. The van der Waals surface area contributed by atoms with E-state index < -0.39 is 22.9 Å². The van der Waals surface area contributed by atoms with Gasteiger partial charge in [0.2, 0.25) is 11.8 Å². The Morgan fingerprint density at radius 2 is 1.90 bits per heavy atom. The van der Waals surface area contributed by atoms with Crippen molar-refractivity contribution in [2.24, 2.45) is 11.7 Å². The van der Waals surface area contributed by atoms with E-state index in [0.717, 1.165) is 32.4 Å². The quantitative estimate of drug-likeness (QED) is 0.448. The Bertz CT molecular complexity index is 715. The van der Waals surface area contributed by atoms with Gasteiger partial charge in [0.05, 0.1) is 12.0 Å². The summed E-state index contributed by atoms with van der Waals surface area (Å²) in [4.78, 5) is 43.3. The number of aromatic nitrogens is 1. The molecular formula is C22H33N3O4S. The third-order valence-corrected chi connectivity index (χ3v) is 6.01. The van der Waals surface area contributed by atoms with Crippen LogP contribution in [0.5, 0.6) is 0 Å². The Kier molecular flexibility index (Phi) is 9.30. The number of ether oxygens (including phenoxy) is 1. The lowest BCUT2D eigenvalue weighted by molar-refractivity contribution is -0.132. The summed E-state index contributed by atoms with van der Waals surface area (Å²) in [7, 11) is 0. The average Bonchev–Trinajstić information content (AvgIpc) is 2.70. The fourth-order valence-electron chi connectivity index (χ4n) is 3.37. The number of carbonyl (C=O) groups excluding carboxylic acids is 3. The smallest absolute Gasteiger partial charge is 0.223 e. The van der Waals surface area contributed by atoms with E-state index in [4.69, 9.17) is 10.5 Å². The van der Waals surface area contributed by atoms with Gasteiger partial charge >= 0.3 is 0 Å². The fraction of sp³-hybridized carbons (Fsp3) is 0.636. The third-order valence-electron chi connectivity index (χ3n) is 4.78. The van der Waals surface area contributed by atoms with E-state index in [2.05, 4.69) is 4.98 Å². The van der Waals surface area contributed by atoms with Gasteiger partial charge in [0.1, 0.15) is 5.44 Å². The lowest BCUT2D eigenvalue weighted by Gasteiger charge is -2.29. The molecule has 0 saturated carbocycles. The van der Waals surface area contributed by atoms with Gasteiger partial charge in [-0.05, 0) is 52.2 Å². The molecule has 0 aromatic carbocycles. The van der Waals surface area contributed by atoms with Crippen LogP contribution in [0.2, 0.25) is 0 Å². The van der Waals surface area contributed by atoms with Crippen LogP contribution >= 0.6 is 11.8 Å². The van der Waals surface area contributed by atoms with Crippen LogP contribution in [0.25, 0.3) is 0 Å². The summed E-state index contributed by atoms with van der Waals surface area (Å²) in [6.07, 6.45) is 6.47. The number of likely N-dealkylation sites (tertiary alicyclic amines) is 1. The second kappa shape index (κ2) is 11.5. The molecule has 0 radical (unpaired) electrons. The highest BCUT2D eigenvalue weighted by atomic mass is 32.2. The van der Waals surface area contributed by atoms with E-state index in [1.807, 2.05) is 25.7 Å². The van der Waals surface area contributed by atoms with Crippen LogP contribution < -0.4 is 5.73 Å². The van der Waals surface area contributed by atoms with Gasteiger partial charge in [-0.2, -0.15) is 0 Å². The number of piperidine rings is 1. The number of amides is 2. The minimum atomic E-state index is -0.521. The summed E-state index contributed by atoms with van der Waals surface area (Å²) in [5, 5.41) is 0. The largest absolute Gasteiger partial charge is 0.370 e. The summed E-state index contributed by atoms with van der Waals surface area (Å²) in [5.74, 6) is -0.736. The molecule has 7 nitrogen and oxygen atoms in total. The first-order valence-electron chi connectivity index (χ1n) is 10.5. The van der Waals surface area contributed by atoms with Gasteiger partial charge < -0.3 is 15.4 Å². The van der Waals surface area contributed by atoms with Crippen molar-refractivity contribution in [3.8, 4) is 0 Å². The van der Waals surface area contributed by atoms with E-state index >= 15 is 0 Å². The van der Waals surface area contributed by atoms with Crippen LogP contribution in [0.1, 0.15) is 63.2 Å². The third kappa shape index (κ3) is 8.44. The van der Waals surface area contributed by atoms with Crippen LogP contribution in [-0.4, -0.2) is 57.4 Å². The Balaban J connectivity index is 2.11.